The lowest BCUT2D eigenvalue weighted by Crippen LogP contribution is -2.15. The molecule has 2 aromatic carbocycles. The molecule has 154 valence electrons. The van der Waals surface area contributed by atoms with Gasteiger partial charge in [0.2, 0.25) is 9.84 Å². The summed E-state index contributed by atoms with van der Waals surface area (Å²) < 4.78 is 52.6. The van der Waals surface area contributed by atoms with Crippen LogP contribution >= 0.6 is 0 Å². The van der Waals surface area contributed by atoms with Gasteiger partial charge in [-0.1, -0.05) is 0 Å². The predicted molar refractivity (Wildman–Crippen MR) is 96.6 cm³/mol. The van der Waals surface area contributed by atoms with Crippen LogP contribution in [0.2, 0.25) is 0 Å². The number of nitro groups is 1. The Labute approximate surface area is 163 Å². The Bertz CT molecular complexity index is 1050. The molecule has 0 aliphatic heterocycles. The number of sulfone groups is 1. The van der Waals surface area contributed by atoms with Gasteiger partial charge in [-0.2, -0.15) is 8.78 Å². The standard InChI is InChI=1S/C17H14F2N2O7S/c1-2-28-16(23)11-7-10(8-13(9-11)21(24)25)15(22)20-12-3-5-14(6-4-12)29(26,27)17(18)19/h3-9,17H,2H2,1H3,(H,20,22). The van der Waals surface area contributed by atoms with E-state index in [2.05, 4.69) is 5.32 Å². The second-order valence-corrected chi connectivity index (χ2v) is 7.45. The van der Waals surface area contributed by atoms with Crippen molar-refractivity contribution in [1.82, 2.24) is 0 Å². The van der Waals surface area contributed by atoms with Crippen LogP contribution in [0.4, 0.5) is 20.2 Å². The molecule has 0 aromatic heterocycles. The van der Waals surface area contributed by atoms with E-state index >= 15 is 0 Å². The number of nitrogens with zero attached hydrogens (tertiary/aromatic N) is 1. The van der Waals surface area contributed by atoms with Crippen molar-refractivity contribution in [3.05, 3.63) is 63.7 Å². The molecular weight excluding hydrogens is 414 g/mol. The van der Waals surface area contributed by atoms with E-state index in [9.17, 15) is 36.9 Å². The summed E-state index contributed by atoms with van der Waals surface area (Å²) in [7, 11) is -4.78. The van der Waals surface area contributed by atoms with E-state index in [1.165, 1.54) is 0 Å². The van der Waals surface area contributed by atoms with Gasteiger partial charge in [-0.3, -0.25) is 14.9 Å². The minimum atomic E-state index is -4.78. The maximum absolute atomic E-state index is 12.5. The lowest BCUT2D eigenvalue weighted by molar-refractivity contribution is -0.384. The van der Waals surface area contributed by atoms with Gasteiger partial charge in [0.05, 0.1) is 22.0 Å². The van der Waals surface area contributed by atoms with Crippen molar-refractivity contribution in [2.24, 2.45) is 0 Å². The van der Waals surface area contributed by atoms with E-state index in [0.717, 1.165) is 42.5 Å². The molecule has 0 atom stereocenters. The molecule has 12 heteroatoms. The molecule has 0 saturated heterocycles. The van der Waals surface area contributed by atoms with Gasteiger partial charge in [0, 0.05) is 23.4 Å². The highest BCUT2D eigenvalue weighted by Crippen LogP contribution is 2.22. The molecule has 1 amide bonds. The van der Waals surface area contributed by atoms with Crippen LogP contribution in [0, 0.1) is 10.1 Å². The van der Waals surface area contributed by atoms with Gasteiger partial charge in [-0.05, 0) is 37.3 Å². The normalized spacial score (nSPS) is 11.2. The number of non-ortho nitro benzene ring substituents is 1. The maximum Gasteiger partial charge on any atom is 0.341 e. The number of carbonyl (C=O) groups is 2. The Morgan fingerprint density at radius 2 is 1.72 bits per heavy atom. The Kier molecular flexibility index (Phi) is 6.59. The first kappa shape index (κ1) is 21.9. The van der Waals surface area contributed by atoms with Crippen molar-refractivity contribution < 1.29 is 36.4 Å². The number of carbonyl (C=O) groups excluding carboxylic acids is 2. The monoisotopic (exact) mass is 428 g/mol. The van der Waals surface area contributed by atoms with Gasteiger partial charge < -0.3 is 10.1 Å². The third kappa shape index (κ3) is 5.10. The summed E-state index contributed by atoms with van der Waals surface area (Å²) >= 11 is 0. The summed E-state index contributed by atoms with van der Waals surface area (Å²) in [5, 5.41) is 13.4. The molecular formula is C17H14F2N2O7S. The summed E-state index contributed by atoms with van der Waals surface area (Å²) in [6.45, 7) is 1.57. The quantitative estimate of drug-likeness (QED) is 0.407. The zero-order valence-corrected chi connectivity index (χ0v) is 15.6. The topological polar surface area (TPSA) is 133 Å². The zero-order valence-electron chi connectivity index (χ0n) is 14.8. The highest BCUT2D eigenvalue weighted by Gasteiger charge is 2.26. The van der Waals surface area contributed by atoms with E-state index in [-0.39, 0.29) is 23.4 Å². The van der Waals surface area contributed by atoms with Gasteiger partial charge in [0.25, 0.3) is 11.6 Å². The predicted octanol–water partition coefficient (Wildman–Crippen LogP) is 3.02. The molecule has 0 unspecified atom stereocenters. The van der Waals surface area contributed by atoms with Crippen molar-refractivity contribution >= 4 is 33.1 Å². The van der Waals surface area contributed by atoms with Crippen molar-refractivity contribution in [2.45, 2.75) is 17.6 Å². The highest BCUT2D eigenvalue weighted by atomic mass is 32.2. The van der Waals surface area contributed by atoms with E-state index < -0.39 is 43.0 Å². The van der Waals surface area contributed by atoms with E-state index in [0.29, 0.717) is 0 Å². The van der Waals surface area contributed by atoms with Crippen molar-refractivity contribution in [3.8, 4) is 0 Å². The molecule has 0 aliphatic carbocycles. The number of rotatable bonds is 7. The molecule has 9 nitrogen and oxygen atoms in total. The second-order valence-electron chi connectivity index (χ2n) is 5.53. The molecule has 29 heavy (non-hydrogen) atoms. The summed E-state index contributed by atoms with van der Waals surface area (Å²) in [6.07, 6.45) is 0. The number of halogens is 2. The van der Waals surface area contributed by atoms with Crippen LogP contribution in [-0.2, 0) is 14.6 Å². The van der Waals surface area contributed by atoms with E-state index in [1.807, 2.05) is 0 Å². The molecule has 0 fully saturated rings. The van der Waals surface area contributed by atoms with Crippen LogP contribution in [0.1, 0.15) is 27.6 Å². The number of amides is 1. The van der Waals surface area contributed by atoms with Crippen LogP contribution in [0.3, 0.4) is 0 Å². The SMILES string of the molecule is CCOC(=O)c1cc(C(=O)Nc2ccc(S(=O)(=O)C(F)F)cc2)cc([N+](=O)[O-])c1. The molecule has 0 bridgehead atoms. The average molecular weight is 428 g/mol. The van der Waals surface area contributed by atoms with Crippen LogP contribution < -0.4 is 5.32 Å². The summed E-state index contributed by atoms with van der Waals surface area (Å²) in [5.41, 5.74) is -0.900. The fourth-order valence-electron chi connectivity index (χ4n) is 2.21. The largest absolute Gasteiger partial charge is 0.462 e. The number of hydrogen-bond donors (Lipinski definition) is 1. The molecule has 0 heterocycles. The minimum Gasteiger partial charge on any atom is -0.462 e. The summed E-state index contributed by atoms with van der Waals surface area (Å²) in [4.78, 5) is 33.9. The molecule has 0 spiro atoms. The second kappa shape index (κ2) is 8.73. The number of hydrogen-bond acceptors (Lipinski definition) is 7. The number of alkyl halides is 2. The van der Waals surface area contributed by atoms with Crippen LogP contribution in [0.15, 0.2) is 47.4 Å². The molecule has 0 aliphatic rings. The molecule has 1 N–H and O–H groups in total. The third-order valence-corrected chi connectivity index (χ3v) is 4.98. The van der Waals surface area contributed by atoms with E-state index in [4.69, 9.17) is 4.74 Å². The van der Waals surface area contributed by atoms with Gasteiger partial charge >= 0.3 is 11.7 Å². The molecule has 0 radical (unpaired) electrons. The van der Waals surface area contributed by atoms with E-state index in [1.54, 1.807) is 6.92 Å². The fourth-order valence-corrected chi connectivity index (χ4v) is 2.94. The number of nitrogens with one attached hydrogen (secondary N) is 1. The minimum absolute atomic E-state index is 0.0247. The number of anilines is 1. The molecule has 0 saturated carbocycles. The van der Waals surface area contributed by atoms with Crippen LogP contribution in [0.5, 0.6) is 0 Å². The van der Waals surface area contributed by atoms with Gasteiger partial charge in [0.15, 0.2) is 0 Å². The lowest BCUT2D eigenvalue weighted by Gasteiger charge is -2.08. The molecule has 2 aromatic rings. The number of ether oxygens (including phenoxy) is 1. The lowest BCUT2D eigenvalue weighted by atomic mass is 10.1. The van der Waals surface area contributed by atoms with Gasteiger partial charge in [-0.15, -0.1) is 0 Å². The van der Waals surface area contributed by atoms with Gasteiger partial charge in [-0.25, -0.2) is 13.2 Å². The Hall–Kier alpha value is -3.41. The number of nitro benzene ring substituents is 1. The Morgan fingerprint density at radius 3 is 2.24 bits per heavy atom. The van der Waals surface area contributed by atoms with Crippen molar-refractivity contribution in [1.29, 1.82) is 0 Å². The first-order chi connectivity index (χ1) is 13.6. The number of benzene rings is 2. The molecule has 2 rings (SSSR count). The average Bonchev–Trinajstić information content (AvgIpc) is 2.68. The first-order valence-corrected chi connectivity index (χ1v) is 9.51. The van der Waals surface area contributed by atoms with Crippen LogP contribution in [-0.4, -0.2) is 37.6 Å². The summed E-state index contributed by atoms with van der Waals surface area (Å²) in [5.74, 6) is -5.29. The first-order valence-electron chi connectivity index (χ1n) is 7.96. The maximum atomic E-state index is 12.5. The Morgan fingerprint density at radius 1 is 1.14 bits per heavy atom. The van der Waals surface area contributed by atoms with Gasteiger partial charge in [0.1, 0.15) is 0 Å². The third-order valence-electron chi connectivity index (χ3n) is 3.58. The highest BCUT2D eigenvalue weighted by molar-refractivity contribution is 7.91. The zero-order chi connectivity index (χ0) is 21.8. The van der Waals surface area contributed by atoms with Crippen molar-refractivity contribution in [3.63, 3.8) is 0 Å². The Balaban J connectivity index is 2.30. The van der Waals surface area contributed by atoms with Crippen molar-refractivity contribution in [2.75, 3.05) is 11.9 Å². The summed E-state index contributed by atoms with van der Waals surface area (Å²) in [6, 6.07) is 6.92. The fraction of sp³-hybridized carbons (Fsp3) is 0.176. The van der Waals surface area contributed by atoms with Crippen LogP contribution in [0.25, 0.3) is 0 Å². The smallest absolute Gasteiger partial charge is 0.341 e. The number of esters is 1.